The van der Waals surface area contributed by atoms with E-state index in [2.05, 4.69) is 15.5 Å². The zero-order valence-electron chi connectivity index (χ0n) is 19.7. The molecule has 0 saturated heterocycles. The minimum absolute atomic E-state index is 0.0136. The van der Waals surface area contributed by atoms with Gasteiger partial charge in [-0.3, -0.25) is 14.2 Å². The molecule has 0 bridgehead atoms. The zero-order valence-corrected chi connectivity index (χ0v) is 20.5. The Morgan fingerprint density at radius 2 is 1.77 bits per heavy atom. The molecular weight excluding hydrogens is 472 g/mol. The maximum atomic E-state index is 13.5. The number of thioether (sulfide) groups is 1. The van der Waals surface area contributed by atoms with Gasteiger partial charge in [0.25, 0.3) is 5.56 Å². The highest BCUT2D eigenvalue weighted by Crippen LogP contribution is 2.31. The third-order valence-electron chi connectivity index (χ3n) is 5.15. The fourth-order valence-electron chi connectivity index (χ4n) is 3.43. The first-order valence-electron chi connectivity index (χ1n) is 10.6. The second kappa shape index (κ2) is 10.5. The molecule has 2 aromatic heterocycles. The van der Waals surface area contributed by atoms with Crippen molar-refractivity contribution in [1.82, 2.24) is 14.7 Å². The number of rotatable bonds is 9. The number of aromatic nitrogens is 3. The molecule has 0 unspecified atom stereocenters. The number of nitrogens with one attached hydrogen (secondary N) is 1. The molecule has 2 aromatic carbocycles. The Labute approximate surface area is 205 Å². The Hall–Kier alpha value is -3.99. The van der Waals surface area contributed by atoms with Crippen molar-refractivity contribution in [3.8, 4) is 17.2 Å². The molecule has 0 aliphatic heterocycles. The maximum absolute atomic E-state index is 13.5. The van der Waals surface area contributed by atoms with Gasteiger partial charge in [0.2, 0.25) is 5.91 Å². The normalized spacial score (nSPS) is 10.9. The van der Waals surface area contributed by atoms with E-state index in [0.717, 1.165) is 17.3 Å². The number of hydrogen-bond donors (Lipinski definition) is 1. The summed E-state index contributed by atoms with van der Waals surface area (Å²) in [5, 5.41) is 7.20. The van der Waals surface area contributed by atoms with E-state index in [4.69, 9.17) is 18.7 Å². The summed E-state index contributed by atoms with van der Waals surface area (Å²) in [5.41, 5.74) is 1.05. The fraction of sp³-hybridized carbons (Fsp3) is 0.250. The van der Waals surface area contributed by atoms with Crippen molar-refractivity contribution < 1.29 is 23.5 Å². The molecule has 1 amide bonds. The predicted octanol–water partition coefficient (Wildman–Crippen LogP) is 3.50. The number of fused-ring (bicyclic) bond motifs is 1. The maximum Gasteiger partial charge on any atom is 0.262 e. The lowest BCUT2D eigenvalue weighted by Gasteiger charge is -2.15. The van der Waals surface area contributed by atoms with Crippen molar-refractivity contribution >= 4 is 34.4 Å². The van der Waals surface area contributed by atoms with E-state index >= 15 is 0 Å². The summed E-state index contributed by atoms with van der Waals surface area (Å²) in [5.74, 6) is 2.21. The average Bonchev–Trinajstić information content (AvgIpc) is 3.28. The third kappa shape index (κ3) is 5.40. The fourth-order valence-corrected chi connectivity index (χ4v) is 4.22. The lowest BCUT2D eigenvalue weighted by Crippen LogP contribution is -2.25. The van der Waals surface area contributed by atoms with Gasteiger partial charge in [-0.05, 0) is 30.7 Å². The molecule has 182 valence electrons. The van der Waals surface area contributed by atoms with E-state index in [1.54, 1.807) is 32.2 Å². The lowest BCUT2D eigenvalue weighted by atomic mass is 10.2. The number of anilines is 1. The van der Waals surface area contributed by atoms with Crippen molar-refractivity contribution in [3.05, 3.63) is 64.1 Å². The first-order valence-corrected chi connectivity index (χ1v) is 11.6. The largest absolute Gasteiger partial charge is 0.497 e. The molecule has 4 aromatic rings. The summed E-state index contributed by atoms with van der Waals surface area (Å²) >= 11 is 1.15. The number of carbonyl (C=O) groups is 1. The van der Waals surface area contributed by atoms with E-state index in [9.17, 15) is 9.59 Å². The number of amides is 1. The zero-order chi connectivity index (χ0) is 24.9. The Morgan fingerprint density at radius 3 is 2.40 bits per heavy atom. The summed E-state index contributed by atoms with van der Waals surface area (Å²) in [6.07, 6.45) is 0. The van der Waals surface area contributed by atoms with Gasteiger partial charge < -0.3 is 24.1 Å². The Kier molecular flexibility index (Phi) is 7.25. The standard InChI is InChI=1S/C24H24N4O6S/c1-14-9-21(27-34-14)26-22(29)13-35-24-25-18-11-20(33-4)19(32-3)10-17(18)23(30)28(24)12-15-5-7-16(31-2)8-6-15/h5-11H,12-13H2,1-4H3,(H,26,27,29). The highest BCUT2D eigenvalue weighted by atomic mass is 32.2. The van der Waals surface area contributed by atoms with Gasteiger partial charge in [0.15, 0.2) is 22.5 Å². The molecule has 0 spiro atoms. The van der Waals surface area contributed by atoms with Gasteiger partial charge in [-0.2, -0.15) is 0 Å². The average molecular weight is 497 g/mol. The highest BCUT2D eigenvalue weighted by Gasteiger charge is 2.17. The smallest absolute Gasteiger partial charge is 0.262 e. The van der Waals surface area contributed by atoms with E-state index in [1.165, 1.54) is 18.8 Å². The first kappa shape index (κ1) is 24.1. The topological polar surface area (TPSA) is 118 Å². The molecule has 11 heteroatoms. The van der Waals surface area contributed by atoms with E-state index in [0.29, 0.717) is 44.9 Å². The van der Waals surface area contributed by atoms with Gasteiger partial charge in [0, 0.05) is 12.1 Å². The molecule has 0 saturated carbocycles. The number of aryl methyl sites for hydroxylation is 1. The molecule has 10 nitrogen and oxygen atoms in total. The van der Waals surface area contributed by atoms with Gasteiger partial charge in [0.1, 0.15) is 11.5 Å². The molecule has 4 rings (SSSR count). The van der Waals surface area contributed by atoms with Crippen LogP contribution in [0.3, 0.4) is 0 Å². The predicted molar refractivity (Wildman–Crippen MR) is 132 cm³/mol. The van der Waals surface area contributed by atoms with Gasteiger partial charge in [-0.25, -0.2) is 4.98 Å². The van der Waals surface area contributed by atoms with Gasteiger partial charge in [-0.15, -0.1) is 0 Å². The van der Waals surface area contributed by atoms with Crippen LogP contribution >= 0.6 is 11.8 Å². The van der Waals surface area contributed by atoms with Crippen LogP contribution in [0.4, 0.5) is 5.82 Å². The molecule has 0 radical (unpaired) electrons. The SMILES string of the molecule is COc1ccc(Cn2c(SCC(=O)Nc3cc(C)on3)nc3cc(OC)c(OC)cc3c2=O)cc1. The van der Waals surface area contributed by atoms with Gasteiger partial charge in [0.05, 0.1) is 44.5 Å². The van der Waals surface area contributed by atoms with Gasteiger partial charge in [-0.1, -0.05) is 29.1 Å². The van der Waals surface area contributed by atoms with Crippen molar-refractivity contribution in [2.45, 2.75) is 18.6 Å². The molecule has 1 N–H and O–H groups in total. The van der Waals surface area contributed by atoms with Crippen molar-refractivity contribution in [2.75, 3.05) is 32.4 Å². The van der Waals surface area contributed by atoms with Gasteiger partial charge >= 0.3 is 0 Å². The Balaban J connectivity index is 1.70. The van der Waals surface area contributed by atoms with Crippen LogP contribution in [0.15, 0.2) is 56.9 Å². The van der Waals surface area contributed by atoms with E-state index < -0.39 is 0 Å². The number of carbonyl (C=O) groups excluding carboxylic acids is 1. The number of benzene rings is 2. The summed E-state index contributed by atoms with van der Waals surface area (Å²) in [6, 6.07) is 12.3. The van der Waals surface area contributed by atoms with Crippen LogP contribution in [0.5, 0.6) is 17.2 Å². The van der Waals surface area contributed by atoms with Crippen LogP contribution < -0.4 is 25.1 Å². The first-order chi connectivity index (χ1) is 16.9. The minimum Gasteiger partial charge on any atom is -0.497 e. The minimum atomic E-state index is -0.305. The number of ether oxygens (including phenoxy) is 3. The molecule has 0 aliphatic carbocycles. The molecule has 0 fully saturated rings. The van der Waals surface area contributed by atoms with Crippen LogP contribution in [0.25, 0.3) is 10.9 Å². The van der Waals surface area contributed by atoms with Crippen molar-refractivity contribution in [2.24, 2.45) is 0 Å². The summed E-state index contributed by atoms with van der Waals surface area (Å²) in [4.78, 5) is 30.7. The summed E-state index contributed by atoms with van der Waals surface area (Å²) in [7, 11) is 4.61. The summed E-state index contributed by atoms with van der Waals surface area (Å²) < 4.78 is 22.5. The number of hydrogen-bond acceptors (Lipinski definition) is 9. The molecule has 0 atom stereocenters. The van der Waals surface area contributed by atoms with E-state index in [1.807, 2.05) is 24.3 Å². The van der Waals surface area contributed by atoms with Crippen LogP contribution in [-0.4, -0.2) is 47.7 Å². The van der Waals surface area contributed by atoms with Crippen LogP contribution in [0.1, 0.15) is 11.3 Å². The van der Waals surface area contributed by atoms with Crippen LogP contribution in [0.2, 0.25) is 0 Å². The van der Waals surface area contributed by atoms with Crippen LogP contribution in [-0.2, 0) is 11.3 Å². The number of nitrogens with zero attached hydrogens (tertiary/aromatic N) is 3. The Morgan fingerprint density at radius 1 is 1.06 bits per heavy atom. The van der Waals surface area contributed by atoms with E-state index in [-0.39, 0.29) is 23.8 Å². The molecule has 0 aliphatic rings. The summed E-state index contributed by atoms with van der Waals surface area (Å²) in [6.45, 7) is 1.99. The molecule has 2 heterocycles. The second-order valence-corrected chi connectivity index (χ2v) is 8.46. The molecular formula is C24H24N4O6S. The highest BCUT2D eigenvalue weighted by molar-refractivity contribution is 7.99. The monoisotopic (exact) mass is 496 g/mol. The number of methoxy groups -OCH3 is 3. The van der Waals surface area contributed by atoms with Crippen molar-refractivity contribution in [1.29, 1.82) is 0 Å². The van der Waals surface area contributed by atoms with Crippen molar-refractivity contribution in [3.63, 3.8) is 0 Å². The van der Waals surface area contributed by atoms with Crippen LogP contribution in [0, 0.1) is 6.92 Å². The Bertz CT molecular complexity index is 1410. The third-order valence-corrected chi connectivity index (χ3v) is 6.13. The second-order valence-electron chi connectivity index (χ2n) is 7.52. The molecule has 35 heavy (non-hydrogen) atoms. The lowest BCUT2D eigenvalue weighted by molar-refractivity contribution is -0.113. The quantitative estimate of drug-likeness (QED) is 0.274.